The Morgan fingerprint density at radius 1 is 1.15 bits per heavy atom. The summed E-state index contributed by atoms with van der Waals surface area (Å²) in [7, 11) is 0. The summed E-state index contributed by atoms with van der Waals surface area (Å²) in [6.07, 6.45) is 3.66. The Morgan fingerprint density at radius 2 is 2.00 bits per heavy atom. The molecule has 1 aliphatic carbocycles. The van der Waals surface area contributed by atoms with E-state index in [9.17, 15) is 0 Å². The molecule has 0 aliphatic heterocycles. The minimum atomic E-state index is 0.202. The predicted molar refractivity (Wildman–Crippen MR) is 85.5 cm³/mol. The first-order chi connectivity index (χ1) is 9.75. The van der Waals surface area contributed by atoms with E-state index in [1.165, 1.54) is 17.5 Å². The number of anilines is 1. The van der Waals surface area contributed by atoms with Gasteiger partial charge < -0.3 is 10.5 Å². The number of rotatable bonds is 3. The summed E-state index contributed by atoms with van der Waals surface area (Å²) in [4.78, 5) is 0. The lowest BCUT2D eigenvalue weighted by Crippen LogP contribution is -2.13. The van der Waals surface area contributed by atoms with Crippen LogP contribution in [0, 0.1) is 0 Å². The second-order valence-corrected chi connectivity index (χ2v) is 6.00. The van der Waals surface area contributed by atoms with Crippen LogP contribution in [-0.2, 0) is 17.8 Å². The van der Waals surface area contributed by atoms with Crippen LogP contribution in [-0.4, -0.2) is 0 Å². The zero-order valence-corrected chi connectivity index (χ0v) is 12.9. The Bertz CT molecular complexity index is 612. The van der Waals surface area contributed by atoms with Crippen molar-refractivity contribution in [2.45, 2.75) is 32.0 Å². The first-order valence-electron chi connectivity index (χ1n) is 6.98. The number of fused-ring (bicyclic) bond motifs is 1. The molecule has 0 saturated carbocycles. The van der Waals surface area contributed by atoms with Crippen LogP contribution < -0.4 is 5.73 Å². The van der Waals surface area contributed by atoms with E-state index in [1.54, 1.807) is 0 Å². The zero-order valence-electron chi connectivity index (χ0n) is 11.3. The molecule has 0 bridgehead atoms. The summed E-state index contributed by atoms with van der Waals surface area (Å²) in [5.41, 5.74) is 10.5. The summed E-state index contributed by atoms with van der Waals surface area (Å²) in [6.45, 7) is 0.588. The molecule has 3 heteroatoms. The van der Waals surface area contributed by atoms with E-state index in [1.807, 2.05) is 12.1 Å². The Hall–Kier alpha value is -1.32. The third kappa shape index (κ3) is 2.74. The molecule has 0 spiro atoms. The summed E-state index contributed by atoms with van der Waals surface area (Å²) in [5, 5.41) is 0. The second-order valence-electron chi connectivity index (χ2n) is 5.21. The molecule has 2 aromatic rings. The van der Waals surface area contributed by atoms with Gasteiger partial charge >= 0.3 is 0 Å². The predicted octanol–water partition coefficient (Wildman–Crippen LogP) is 4.63. The van der Waals surface area contributed by atoms with Crippen LogP contribution in [0.5, 0.6) is 0 Å². The van der Waals surface area contributed by atoms with E-state index in [-0.39, 0.29) is 6.10 Å². The fourth-order valence-corrected chi connectivity index (χ4v) is 3.16. The number of nitrogen functional groups attached to an aromatic ring is 1. The molecule has 1 aliphatic rings. The van der Waals surface area contributed by atoms with E-state index in [0.717, 1.165) is 28.6 Å². The van der Waals surface area contributed by atoms with Gasteiger partial charge in [-0.15, -0.1) is 0 Å². The zero-order chi connectivity index (χ0) is 13.9. The van der Waals surface area contributed by atoms with Gasteiger partial charge in [0, 0.05) is 10.2 Å². The molecule has 3 rings (SSSR count). The van der Waals surface area contributed by atoms with E-state index in [4.69, 9.17) is 10.5 Å². The molecule has 1 atom stereocenters. The van der Waals surface area contributed by atoms with Crippen LogP contribution in [0.15, 0.2) is 46.9 Å². The lowest BCUT2D eigenvalue weighted by atomic mass is 9.89. The number of benzene rings is 2. The maximum absolute atomic E-state index is 6.15. The summed E-state index contributed by atoms with van der Waals surface area (Å²) < 4.78 is 7.09. The maximum Gasteiger partial charge on any atom is 0.0832 e. The van der Waals surface area contributed by atoms with Crippen molar-refractivity contribution in [1.29, 1.82) is 0 Å². The van der Waals surface area contributed by atoms with Crippen LogP contribution in [0.2, 0.25) is 0 Å². The molecule has 0 heterocycles. The monoisotopic (exact) mass is 331 g/mol. The lowest BCUT2D eigenvalue weighted by molar-refractivity contribution is 0.0280. The van der Waals surface area contributed by atoms with Gasteiger partial charge in [-0.2, -0.15) is 0 Å². The molecule has 0 radical (unpaired) electrons. The van der Waals surface area contributed by atoms with Crippen LogP contribution in [0.1, 0.15) is 35.6 Å². The number of aryl methyl sites for hydroxylation is 1. The summed E-state index contributed by atoms with van der Waals surface area (Å²) in [5.74, 6) is 0. The van der Waals surface area contributed by atoms with Crippen LogP contribution >= 0.6 is 15.9 Å². The van der Waals surface area contributed by atoms with Gasteiger partial charge in [0.05, 0.1) is 12.7 Å². The van der Waals surface area contributed by atoms with Crippen molar-refractivity contribution in [3.05, 3.63) is 63.6 Å². The topological polar surface area (TPSA) is 35.2 Å². The van der Waals surface area contributed by atoms with Gasteiger partial charge in [0.25, 0.3) is 0 Å². The highest BCUT2D eigenvalue weighted by molar-refractivity contribution is 9.10. The maximum atomic E-state index is 6.15. The Morgan fingerprint density at radius 3 is 2.90 bits per heavy atom. The van der Waals surface area contributed by atoms with Gasteiger partial charge in [-0.25, -0.2) is 0 Å². The molecule has 2 N–H and O–H groups in total. The average Bonchev–Trinajstić information content (AvgIpc) is 2.49. The van der Waals surface area contributed by atoms with E-state index in [0.29, 0.717) is 6.61 Å². The molecule has 0 amide bonds. The molecule has 2 aromatic carbocycles. The molecule has 0 aromatic heterocycles. The van der Waals surface area contributed by atoms with Crippen molar-refractivity contribution in [3.8, 4) is 0 Å². The molecule has 20 heavy (non-hydrogen) atoms. The lowest BCUT2D eigenvalue weighted by Gasteiger charge is -2.26. The third-order valence-corrected chi connectivity index (χ3v) is 4.83. The van der Waals surface area contributed by atoms with Gasteiger partial charge in [0.2, 0.25) is 0 Å². The van der Waals surface area contributed by atoms with Crippen molar-refractivity contribution in [2.24, 2.45) is 0 Å². The molecular formula is C17H18BrNO. The second kappa shape index (κ2) is 5.98. The van der Waals surface area contributed by atoms with Crippen LogP contribution in [0.4, 0.5) is 5.69 Å². The average molecular weight is 332 g/mol. The van der Waals surface area contributed by atoms with Crippen molar-refractivity contribution >= 4 is 21.6 Å². The Balaban J connectivity index is 1.75. The molecule has 0 fully saturated rings. The fourth-order valence-electron chi connectivity index (χ4n) is 2.78. The number of ether oxygens (including phenoxy) is 1. The van der Waals surface area contributed by atoms with Crippen molar-refractivity contribution in [1.82, 2.24) is 0 Å². The molecule has 104 valence electrons. The fraction of sp³-hybridized carbons (Fsp3) is 0.294. The Kier molecular flexibility index (Phi) is 4.08. The standard InChI is InChI=1S/C17H18BrNO/c18-17-13(7-3-9-15(17)19)11-20-16-10-4-6-12-5-1-2-8-14(12)16/h1-3,5,7-9,16H,4,6,10-11,19H2. The third-order valence-electron chi connectivity index (χ3n) is 3.86. The number of nitrogens with two attached hydrogens (primary N) is 1. The van der Waals surface area contributed by atoms with Crippen LogP contribution in [0.25, 0.3) is 0 Å². The first-order valence-corrected chi connectivity index (χ1v) is 7.77. The van der Waals surface area contributed by atoms with Crippen molar-refractivity contribution < 1.29 is 4.74 Å². The highest BCUT2D eigenvalue weighted by Crippen LogP contribution is 2.34. The smallest absolute Gasteiger partial charge is 0.0832 e. The van der Waals surface area contributed by atoms with Gasteiger partial charge in [-0.05, 0) is 57.9 Å². The number of hydrogen-bond donors (Lipinski definition) is 1. The molecule has 2 nitrogen and oxygen atoms in total. The summed E-state index contributed by atoms with van der Waals surface area (Å²) >= 11 is 3.53. The SMILES string of the molecule is Nc1cccc(COC2CCCc3ccccc32)c1Br. The Labute approximate surface area is 128 Å². The number of halogens is 1. The normalized spacial score (nSPS) is 17.8. The van der Waals surface area contributed by atoms with Gasteiger partial charge in [0.1, 0.15) is 0 Å². The molecular weight excluding hydrogens is 314 g/mol. The van der Waals surface area contributed by atoms with E-state index < -0.39 is 0 Å². The highest BCUT2D eigenvalue weighted by Gasteiger charge is 2.20. The summed E-state index contributed by atoms with van der Waals surface area (Å²) in [6, 6.07) is 14.5. The minimum Gasteiger partial charge on any atom is -0.398 e. The van der Waals surface area contributed by atoms with Gasteiger partial charge in [-0.1, -0.05) is 36.4 Å². The van der Waals surface area contributed by atoms with E-state index >= 15 is 0 Å². The van der Waals surface area contributed by atoms with Gasteiger partial charge in [-0.3, -0.25) is 0 Å². The van der Waals surface area contributed by atoms with E-state index in [2.05, 4.69) is 46.3 Å². The number of hydrogen-bond acceptors (Lipinski definition) is 2. The first kappa shape index (κ1) is 13.7. The largest absolute Gasteiger partial charge is 0.398 e. The minimum absolute atomic E-state index is 0.202. The van der Waals surface area contributed by atoms with Gasteiger partial charge in [0.15, 0.2) is 0 Å². The van der Waals surface area contributed by atoms with Crippen molar-refractivity contribution in [3.63, 3.8) is 0 Å². The van der Waals surface area contributed by atoms with Crippen LogP contribution in [0.3, 0.4) is 0 Å². The van der Waals surface area contributed by atoms with Crippen molar-refractivity contribution in [2.75, 3.05) is 5.73 Å². The quantitative estimate of drug-likeness (QED) is 0.832. The molecule has 1 unspecified atom stereocenters. The molecule has 0 saturated heterocycles. The highest BCUT2D eigenvalue weighted by atomic mass is 79.9.